The molecule has 1 aromatic carbocycles. The van der Waals surface area contributed by atoms with Gasteiger partial charge in [-0.3, -0.25) is 5.01 Å². The molecule has 2 fully saturated rings. The van der Waals surface area contributed by atoms with E-state index in [0.717, 1.165) is 31.6 Å². The number of nitrogens with zero attached hydrogens (tertiary/aromatic N) is 3. The van der Waals surface area contributed by atoms with Gasteiger partial charge in [0.15, 0.2) is 0 Å². The number of nitrogens with one attached hydrogen (secondary N) is 1. The van der Waals surface area contributed by atoms with Gasteiger partial charge in [-0.1, -0.05) is 30.3 Å². The lowest BCUT2D eigenvalue weighted by atomic mass is 9.88. The number of carbonyl (C=O) groups is 1. The molecule has 158 valence electrons. The SMILES string of the molecule is COC(C)(C)C1CCCN1C(=O)N1CC=C2NC(c3ccccc3)CC(C)(C)N21. The Balaban J connectivity index is 1.54. The van der Waals surface area contributed by atoms with Crippen molar-refractivity contribution in [2.45, 2.75) is 70.2 Å². The van der Waals surface area contributed by atoms with E-state index in [1.54, 1.807) is 7.11 Å². The highest BCUT2D eigenvalue weighted by atomic mass is 16.5. The number of carbonyl (C=O) groups excluding carboxylic acids is 1. The Labute approximate surface area is 174 Å². The fourth-order valence-corrected chi connectivity index (χ4v) is 5.11. The van der Waals surface area contributed by atoms with Crippen molar-refractivity contribution in [3.63, 3.8) is 0 Å². The first-order chi connectivity index (χ1) is 13.7. The predicted octanol–water partition coefficient (Wildman–Crippen LogP) is 3.88. The lowest BCUT2D eigenvalue weighted by Gasteiger charge is -2.51. The van der Waals surface area contributed by atoms with Crippen LogP contribution < -0.4 is 5.32 Å². The zero-order chi connectivity index (χ0) is 20.8. The second-order valence-corrected chi connectivity index (χ2v) is 9.55. The Kier molecular flexibility index (Phi) is 5.01. The van der Waals surface area contributed by atoms with Crippen molar-refractivity contribution in [2.75, 3.05) is 20.2 Å². The van der Waals surface area contributed by atoms with Crippen molar-refractivity contribution in [3.8, 4) is 0 Å². The van der Waals surface area contributed by atoms with E-state index >= 15 is 0 Å². The number of hydrogen-bond acceptors (Lipinski definition) is 4. The minimum Gasteiger partial charge on any atom is -0.377 e. The van der Waals surface area contributed by atoms with E-state index in [2.05, 4.69) is 68.4 Å². The fraction of sp³-hybridized carbons (Fsp3) is 0.609. The summed E-state index contributed by atoms with van der Waals surface area (Å²) < 4.78 is 5.72. The molecule has 0 aliphatic carbocycles. The number of fused-ring (bicyclic) bond motifs is 1. The third-order valence-corrected chi connectivity index (χ3v) is 6.78. The maximum absolute atomic E-state index is 13.6. The average molecular weight is 399 g/mol. The molecule has 6 heteroatoms. The van der Waals surface area contributed by atoms with E-state index < -0.39 is 0 Å². The summed E-state index contributed by atoms with van der Waals surface area (Å²) in [6, 6.07) is 11.0. The summed E-state index contributed by atoms with van der Waals surface area (Å²) in [6.45, 7) is 9.99. The molecule has 2 saturated heterocycles. The lowest BCUT2D eigenvalue weighted by molar-refractivity contribution is -0.0684. The molecule has 2 amide bonds. The van der Waals surface area contributed by atoms with Crippen LogP contribution in [0.3, 0.4) is 0 Å². The van der Waals surface area contributed by atoms with Gasteiger partial charge in [0.2, 0.25) is 0 Å². The predicted molar refractivity (Wildman–Crippen MR) is 114 cm³/mol. The smallest absolute Gasteiger partial charge is 0.339 e. The van der Waals surface area contributed by atoms with Crippen molar-refractivity contribution in [2.24, 2.45) is 0 Å². The highest BCUT2D eigenvalue weighted by molar-refractivity contribution is 5.76. The lowest BCUT2D eigenvalue weighted by Crippen LogP contribution is -2.62. The van der Waals surface area contributed by atoms with Crippen LogP contribution in [0.25, 0.3) is 0 Å². The van der Waals surface area contributed by atoms with Crippen LogP contribution in [-0.4, -0.2) is 58.3 Å². The number of rotatable bonds is 3. The number of hydrogen-bond donors (Lipinski definition) is 1. The number of methoxy groups -OCH3 is 1. The first-order valence-electron chi connectivity index (χ1n) is 10.7. The molecule has 2 unspecified atom stereocenters. The van der Waals surface area contributed by atoms with Gasteiger partial charge in [-0.15, -0.1) is 0 Å². The van der Waals surface area contributed by atoms with Gasteiger partial charge in [-0.25, -0.2) is 9.80 Å². The van der Waals surface area contributed by atoms with Crippen molar-refractivity contribution < 1.29 is 9.53 Å². The Hall–Kier alpha value is -2.21. The zero-order valence-corrected chi connectivity index (χ0v) is 18.3. The molecular formula is C23H34N4O2. The minimum absolute atomic E-state index is 0.0805. The van der Waals surface area contributed by atoms with Gasteiger partial charge in [0.25, 0.3) is 0 Å². The van der Waals surface area contributed by atoms with Crippen LogP contribution >= 0.6 is 0 Å². The maximum Gasteiger partial charge on any atom is 0.339 e. The van der Waals surface area contributed by atoms with Gasteiger partial charge < -0.3 is 15.0 Å². The van der Waals surface area contributed by atoms with Gasteiger partial charge >= 0.3 is 6.03 Å². The number of ether oxygens (including phenoxy) is 1. The van der Waals surface area contributed by atoms with Crippen LogP contribution in [0.2, 0.25) is 0 Å². The summed E-state index contributed by atoms with van der Waals surface area (Å²) in [6.07, 6.45) is 5.07. The van der Waals surface area contributed by atoms with Crippen LogP contribution in [0.1, 0.15) is 58.6 Å². The molecule has 3 aliphatic rings. The molecule has 4 rings (SSSR count). The van der Waals surface area contributed by atoms with E-state index in [4.69, 9.17) is 4.74 Å². The Morgan fingerprint density at radius 2 is 1.97 bits per heavy atom. The Bertz CT molecular complexity index is 789. The van der Waals surface area contributed by atoms with E-state index in [-0.39, 0.29) is 29.3 Å². The van der Waals surface area contributed by atoms with Gasteiger partial charge in [0.05, 0.1) is 29.8 Å². The minimum atomic E-state index is -0.351. The molecule has 0 spiro atoms. The van der Waals surface area contributed by atoms with Crippen LogP contribution in [0, 0.1) is 0 Å². The second kappa shape index (κ2) is 7.24. The summed E-state index contributed by atoms with van der Waals surface area (Å²) >= 11 is 0. The number of benzene rings is 1. The maximum atomic E-state index is 13.6. The summed E-state index contributed by atoms with van der Waals surface area (Å²) in [5, 5.41) is 7.75. The number of likely N-dealkylation sites (tertiary alicyclic amines) is 1. The van der Waals surface area contributed by atoms with Crippen molar-refractivity contribution in [1.82, 2.24) is 20.2 Å². The molecule has 6 nitrogen and oxygen atoms in total. The van der Waals surface area contributed by atoms with Gasteiger partial charge in [0, 0.05) is 13.7 Å². The van der Waals surface area contributed by atoms with Crippen molar-refractivity contribution >= 4 is 6.03 Å². The summed E-state index contributed by atoms with van der Waals surface area (Å²) in [7, 11) is 1.73. The topological polar surface area (TPSA) is 48.1 Å². The van der Waals surface area contributed by atoms with Gasteiger partial charge in [-0.05, 0) is 58.6 Å². The monoisotopic (exact) mass is 398 g/mol. The molecule has 3 aliphatic heterocycles. The number of amides is 2. The van der Waals surface area contributed by atoms with Gasteiger partial charge in [-0.2, -0.15) is 0 Å². The molecule has 2 atom stereocenters. The number of urea groups is 1. The summed E-state index contributed by atoms with van der Waals surface area (Å²) in [5.41, 5.74) is 0.763. The molecule has 0 saturated carbocycles. The standard InChI is InChI=1S/C23H34N4O2/c1-22(2)16-18(17-10-7-6-8-11-17)24-20-13-15-26(27(20)22)21(28)25-14-9-12-19(25)23(3,4)29-5/h6-8,10-11,13,18-19,24H,9,12,14-16H2,1-5H3. The molecule has 0 aromatic heterocycles. The number of hydrazine groups is 1. The largest absolute Gasteiger partial charge is 0.377 e. The van der Waals surface area contributed by atoms with Crippen LogP contribution in [-0.2, 0) is 4.74 Å². The Morgan fingerprint density at radius 3 is 2.66 bits per heavy atom. The molecular weight excluding hydrogens is 364 g/mol. The molecule has 1 N–H and O–H groups in total. The molecule has 29 heavy (non-hydrogen) atoms. The quantitative estimate of drug-likeness (QED) is 0.839. The zero-order valence-electron chi connectivity index (χ0n) is 18.3. The van der Waals surface area contributed by atoms with Crippen molar-refractivity contribution in [3.05, 3.63) is 47.8 Å². The summed E-state index contributed by atoms with van der Waals surface area (Å²) in [5.74, 6) is 1.03. The normalized spacial score (nSPS) is 26.2. The van der Waals surface area contributed by atoms with Crippen LogP contribution in [0.5, 0.6) is 0 Å². The first kappa shape index (κ1) is 20.1. The van der Waals surface area contributed by atoms with E-state index in [0.29, 0.717) is 6.54 Å². The van der Waals surface area contributed by atoms with E-state index in [1.807, 2.05) is 16.0 Å². The first-order valence-corrected chi connectivity index (χ1v) is 10.7. The molecule has 0 radical (unpaired) electrons. The van der Waals surface area contributed by atoms with Crippen LogP contribution in [0.15, 0.2) is 42.2 Å². The highest BCUT2D eigenvalue weighted by Crippen LogP contribution is 2.40. The van der Waals surface area contributed by atoms with Crippen LogP contribution in [0.4, 0.5) is 4.79 Å². The highest BCUT2D eigenvalue weighted by Gasteiger charge is 2.48. The second-order valence-electron chi connectivity index (χ2n) is 9.55. The van der Waals surface area contributed by atoms with Crippen molar-refractivity contribution in [1.29, 1.82) is 0 Å². The molecule has 0 bridgehead atoms. The van der Waals surface area contributed by atoms with Gasteiger partial charge in [0.1, 0.15) is 5.82 Å². The molecule has 3 heterocycles. The molecule has 1 aromatic rings. The average Bonchev–Trinajstić information content (AvgIpc) is 3.36. The van der Waals surface area contributed by atoms with E-state index in [1.165, 1.54) is 5.56 Å². The third-order valence-electron chi connectivity index (χ3n) is 6.78. The Morgan fingerprint density at radius 1 is 1.24 bits per heavy atom. The third kappa shape index (κ3) is 3.48. The van der Waals surface area contributed by atoms with E-state index in [9.17, 15) is 4.79 Å². The fourth-order valence-electron chi connectivity index (χ4n) is 5.11. The summed E-state index contributed by atoms with van der Waals surface area (Å²) in [4.78, 5) is 15.6.